The van der Waals surface area contributed by atoms with Crippen LogP contribution in [0.2, 0.25) is 0 Å². The topological polar surface area (TPSA) is 358 Å². The van der Waals surface area contributed by atoms with Crippen LogP contribution in [0.5, 0.6) is 17.2 Å². The molecular weight excluding hydrogens is 1010 g/mol. The number of carbonyl (C=O) groups is 3. The molecule has 0 aromatic heterocycles. The number of phenolic OH excluding ortho intramolecular Hbond substituents is 1. The van der Waals surface area contributed by atoms with E-state index >= 15 is 0 Å². The lowest BCUT2D eigenvalue weighted by molar-refractivity contribution is -0.373. The number of methoxy groups -OCH3 is 2. The number of carbonyl (C=O) groups excluding carboxylic acids is 3. The highest BCUT2D eigenvalue weighted by molar-refractivity contribution is 5.91. The van der Waals surface area contributed by atoms with Gasteiger partial charge >= 0.3 is 5.97 Å². The molecule has 4 aliphatic carbocycles. The summed E-state index contributed by atoms with van der Waals surface area (Å²) in [4.78, 5) is 43.1. The van der Waals surface area contributed by atoms with Crippen molar-refractivity contribution in [2.75, 3.05) is 34.0 Å². The lowest BCUT2D eigenvalue weighted by atomic mass is 9.41. The Labute approximate surface area is 438 Å². The Bertz CT molecular complexity index is 2300. The van der Waals surface area contributed by atoms with E-state index in [9.17, 15) is 65.4 Å². The number of aromatic hydroxyl groups is 1. The van der Waals surface area contributed by atoms with Crippen molar-refractivity contribution in [2.45, 2.75) is 181 Å². The average molecular weight is 1080 g/mol. The third-order valence-corrected chi connectivity index (χ3v) is 18.2. The summed E-state index contributed by atoms with van der Waals surface area (Å²) in [5, 5.41) is 112. The van der Waals surface area contributed by atoms with Crippen LogP contribution in [0, 0.1) is 28.6 Å². The van der Waals surface area contributed by atoms with Crippen LogP contribution < -0.4 is 15.0 Å². The Kier molecular flexibility index (Phi) is 16.7. The second kappa shape index (κ2) is 22.3. The molecule has 22 atom stereocenters. The Hall–Kier alpha value is -3.93. The molecule has 4 aliphatic heterocycles. The zero-order valence-electron chi connectivity index (χ0n) is 42.8. The molecule has 0 bridgehead atoms. The largest absolute Gasteiger partial charge is 0.502 e. The van der Waals surface area contributed by atoms with E-state index < -0.39 is 133 Å². The Balaban J connectivity index is 0.764. The normalized spacial score (nSPS) is 45.3. The molecule has 76 heavy (non-hydrogen) atoms. The number of amides is 1. The second-order valence-electron chi connectivity index (χ2n) is 22.1. The smallest absolute Gasteiger partial charge is 0.331 e. The number of esters is 1. The van der Waals surface area contributed by atoms with Gasteiger partial charge in [0.2, 0.25) is 5.75 Å². The summed E-state index contributed by atoms with van der Waals surface area (Å²) < 4.78 is 51.4. The van der Waals surface area contributed by atoms with E-state index in [0.29, 0.717) is 50.5 Å². The predicted octanol–water partition coefficient (Wildman–Crippen LogP) is -1.08. The van der Waals surface area contributed by atoms with Gasteiger partial charge in [-0.15, -0.1) is 0 Å². The minimum Gasteiger partial charge on any atom is -0.502 e. The summed E-state index contributed by atoms with van der Waals surface area (Å²) in [7, 11) is 2.68. The standard InChI is InChI=1S/C52H73NO23/c1-24-45(31(56)18-38(71-24)72-27-7-12-50(23-55)29-8-11-49(2)28(26-17-37(58)69-21-26)10-14-52(49,66)30(29)9-13-51(50,65)19-27)75-48-44(64)42(62)46(34(20-54)73-48)76-47-43(63)41(61)40(60)35(74-47)22-70-53-36(57)6-5-25-15-32(67-3)39(59)33(16-25)68-4/h5-6,15-17,23-24,27-31,34-35,38,40-48,54,56,59-66H,7-14,18-22H2,1-4H3,(H,53,57)/t24-,27+,28-,29+,30+,31+,34-,35-,38+,40-,41+,42-,43-,44-,45-,46-,47+,48+,49-,50+,51+,52+/m1/s1. The first-order valence-electron chi connectivity index (χ1n) is 26.1. The molecule has 4 heterocycles. The van der Waals surface area contributed by atoms with Crippen molar-refractivity contribution in [1.29, 1.82) is 0 Å². The first kappa shape index (κ1) is 56.8. The van der Waals surface area contributed by atoms with Crippen molar-refractivity contribution in [2.24, 2.45) is 28.6 Å². The van der Waals surface area contributed by atoms with Crippen LogP contribution in [0.15, 0.2) is 29.9 Å². The van der Waals surface area contributed by atoms with Crippen LogP contribution in [0.25, 0.3) is 6.08 Å². The fourth-order valence-electron chi connectivity index (χ4n) is 14.2. The van der Waals surface area contributed by atoms with Gasteiger partial charge in [-0.2, -0.15) is 0 Å². The van der Waals surface area contributed by atoms with Gasteiger partial charge in [0.25, 0.3) is 5.91 Å². The third-order valence-electron chi connectivity index (χ3n) is 18.2. The summed E-state index contributed by atoms with van der Waals surface area (Å²) >= 11 is 0. The SMILES string of the molecule is COc1cc(C=CC(=O)NOC[C@H]2O[C@@H](O[C@H]3[C@H](O)[C@@H](O)[C@H](O[C@H]4[C@@H](O)C[C@H](O[C@H]5CC[C@]6(C=O)[C@H]7CC[C@]8(C)[C@@H](C9=CC(=O)OC9)CC[C@]8(O)[C@H]7CC[C@]6(O)C5)O[C@@H]4C)O[C@@H]3CO)[C@H](O)[C@@H](O)[C@@H]2O)cc(OC)c1O. The van der Waals surface area contributed by atoms with Gasteiger partial charge in [0.15, 0.2) is 30.4 Å². The first-order chi connectivity index (χ1) is 36.1. The summed E-state index contributed by atoms with van der Waals surface area (Å²) in [5.74, 6) is -1.71. The van der Waals surface area contributed by atoms with Crippen LogP contribution >= 0.6 is 0 Å². The molecule has 8 aliphatic rings. The Morgan fingerprint density at radius 2 is 1.49 bits per heavy atom. The minimum absolute atomic E-state index is 0.0239. The molecule has 1 aromatic carbocycles. The van der Waals surface area contributed by atoms with E-state index in [1.54, 1.807) is 13.0 Å². The van der Waals surface area contributed by atoms with Gasteiger partial charge in [-0.05, 0) is 105 Å². The zero-order chi connectivity index (χ0) is 54.6. The van der Waals surface area contributed by atoms with Gasteiger partial charge in [-0.25, -0.2) is 10.3 Å². The van der Waals surface area contributed by atoms with Crippen LogP contribution in [0.1, 0.15) is 83.6 Å². The van der Waals surface area contributed by atoms with Crippen molar-refractivity contribution in [3.8, 4) is 17.2 Å². The van der Waals surface area contributed by atoms with Crippen molar-refractivity contribution in [1.82, 2.24) is 5.48 Å². The average Bonchev–Trinajstić information content (AvgIpc) is 3.96. The molecule has 0 unspecified atom stereocenters. The van der Waals surface area contributed by atoms with Gasteiger partial charge in [-0.3, -0.25) is 9.63 Å². The quantitative estimate of drug-likeness (QED) is 0.0308. The summed E-state index contributed by atoms with van der Waals surface area (Å²) in [6.07, 6.45) is -13.4. The van der Waals surface area contributed by atoms with E-state index in [-0.39, 0.29) is 66.8 Å². The van der Waals surface area contributed by atoms with Crippen molar-refractivity contribution in [3.63, 3.8) is 0 Å². The number of ether oxygens (including phenoxy) is 9. The number of nitrogens with one attached hydrogen (secondary N) is 1. The number of cyclic esters (lactones) is 1. The molecule has 9 rings (SSSR count). The van der Waals surface area contributed by atoms with Crippen molar-refractivity contribution >= 4 is 24.2 Å². The number of benzene rings is 1. The number of aliphatic hydroxyl groups excluding tert-OH is 7. The number of rotatable bonds is 16. The first-order valence-corrected chi connectivity index (χ1v) is 26.1. The lowest BCUT2D eigenvalue weighted by Gasteiger charge is -2.65. The molecular formula is C52H73NO23. The molecule has 4 saturated carbocycles. The highest BCUT2D eigenvalue weighted by Gasteiger charge is 2.72. The summed E-state index contributed by atoms with van der Waals surface area (Å²) in [6, 6.07) is 2.90. The lowest BCUT2D eigenvalue weighted by Crippen LogP contribution is -2.69. The van der Waals surface area contributed by atoms with Crippen molar-refractivity contribution < 1.29 is 113 Å². The predicted molar refractivity (Wildman–Crippen MR) is 256 cm³/mol. The fourth-order valence-corrected chi connectivity index (χ4v) is 14.2. The van der Waals surface area contributed by atoms with Gasteiger partial charge in [0.1, 0.15) is 74.4 Å². The van der Waals surface area contributed by atoms with Gasteiger partial charge in [0, 0.05) is 30.4 Å². The number of hydroxylamine groups is 1. The number of hydrogen-bond acceptors (Lipinski definition) is 23. The van der Waals surface area contributed by atoms with Crippen LogP contribution in [-0.4, -0.2) is 207 Å². The van der Waals surface area contributed by atoms with E-state index in [0.717, 1.165) is 17.9 Å². The van der Waals surface area contributed by atoms with E-state index in [4.69, 9.17) is 47.5 Å². The van der Waals surface area contributed by atoms with E-state index in [1.165, 1.54) is 32.4 Å². The molecule has 0 radical (unpaired) electrons. The molecule has 7 fully saturated rings. The zero-order valence-corrected chi connectivity index (χ0v) is 42.8. The van der Waals surface area contributed by atoms with E-state index in [1.807, 2.05) is 0 Å². The number of phenols is 1. The number of aldehydes is 1. The maximum absolute atomic E-state index is 13.4. The molecule has 1 aromatic rings. The second-order valence-corrected chi connectivity index (χ2v) is 22.1. The third kappa shape index (κ3) is 10.1. The van der Waals surface area contributed by atoms with Crippen LogP contribution in [-0.2, 0) is 52.4 Å². The molecule has 0 spiro atoms. The highest BCUT2D eigenvalue weighted by atomic mass is 16.8. The summed E-state index contributed by atoms with van der Waals surface area (Å²) in [6.45, 7) is 2.49. The van der Waals surface area contributed by atoms with Gasteiger partial charge in [0.05, 0.1) is 55.8 Å². The molecule has 1 amide bonds. The molecule has 24 heteroatoms. The molecule has 11 N–H and O–H groups in total. The van der Waals surface area contributed by atoms with Crippen molar-refractivity contribution in [3.05, 3.63) is 35.4 Å². The van der Waals surface area contributed by atoms with Gasteiger partial charge in [-0.1, -0.05) is 6.92 Å². The highest BCUT2D eigenvalue weighted by Crippen LogP contribution is 2.70. The maximum atomic E-state index is 13.4. The monoisotopic (exact) mass is 1080 g/mol. The maximum Gasteiger partial charge on any atom is 0.331 e. The number of fused-ring (bicyclic) bond motifs is 5. The Morgan fingerprint density at radius 1 is 0.816 bits per heavy atom. The Morgan fingerprint density at radius 3 is 2.13 bits per heavy atom. The molecule has 3 saturated heterocycles. The minimum atomic E-state index is -1.93. The summed E-state index contributed by atoms with van der Waals surface area (Å²) in [5.41, 5.74) is -0.720. The number of hydrogen-bond donors (Lipinski definition) is 11. The van der Waals surface area contributed by atoms with E-state index in [2.05, 4.69) is 12.4 Å². The number of aliphatic hydroxyl groups is 9. The van der Waals surface area contributed by atoms with Crippen LogP contribution in [0.4, 0.5) is 0 Å². The molecule has 424 valence electrons. The fraction of sp³-hybridized carbons (Fsp3) is 0.750. The molecule has 24 nitrogen and oxygen atoms in total. The van der Waals surface area contributed by atoms with Gasteiger partial charge < -0.3 is 98.5 Å². The van der Waals surface area contributed by atoms with Crippen LogP contribution in [0.3, 0.4) is 0 Å².